The van der Waals surface area contributed by atoms with E-state index in [1.807, 2.05) is 13.8 Å². The van der Waals surface area contributed by atoms with E-state index in [0.29, 0.717) is 12.0 Å². The monoisotopic (exact) mass is 312 g/mol. The van der Waals surface area contributed by atoms with Crippen LogP contribution in [0.3, 0.4) is 0 Å². The first kappa shape index (κ1) is 17.7. The van der Waals surface area contributed by atoms with Crippen LogP contribution in [0.25, 0.3) is 0 Å². The molecule has 5 nitrogen and oxygen atoms in total. The van der Waals surface area contributed by atoms with Gasteiger partial charge in [-0.2, -0.15) is 5.10 Å². The summed E-state index contributed by atoms with van der Waals surface area (Å²) >= 11 is 0. The Kier molecular flexibility index (Phi) is 5.20. The van der Waals surface area contributed by atoms with Crippen molar-refractivity contribution in [2.45, 2.75) is 77.9 Å². The largest absolute Gasteiger partial charge is 0.382 e. The van der Waals surface area contributed by atoms with Gasteiger partial charge in [0.15, 0.2) is 5.79 Å². The molecule has 0 radical (unpaired) electrons. The molecule has 5 heteroatoms. The Morgan fingerprint density at radius 2 is 2.05 bits per heavy atom. The molecule has 0 unspecified atom stereocenters. The zero-order valence-electron chi connectivity index (χ0n) is 15.2. The average molecular weight is 312 g/mol. The molecule has 0 saturated carbocycles. The third-order valence-corrected chi connectivity index (χ3v) is 4.86. The molecule has 2 aliphatic rings. The standard InChI is InChI=1S/C17H32N2O3/c1-12(2)17(6)15(13(3)21-16(4,5)22-17)18-19-10-8-9-14(19)11-20-7/h12-14H,8-11H2,1-7H3/t13-,14-,17-/m1/s1. The number of ether oxygens (including phenoxy) is 3. The summed E-state index contributed by atoms with van der Waals surface area (Å²) in [4.78, 5) is 0. The molecular weight excluding hydrogens is 280 g/mol. The number of methoxy groups -OCH3 is 1. The molecule has 2 heterocycles. The fourth-order valence-electron chi connectivity index (χ4n) is 3.52. The fraction of sp³-hybridized carbons (Fsp3) is 0.941. The summed E-state index contributed by atoms with van der Waals surface area (Å²) in [6, 6.07) is 0.357. The molecule has 2 saturated heterocycles. The van der Waals surface area contributed by atoms with Crippen molar-refractivity contribution in [1.82, 2.24) is 5.01 Å². The van der Waals surface area contributed by atoms with Gasteiger partial charge in [0.1, 0.15) is 11.7 Å². The fourth-order valence-corrected chi connectivity index (χ4v) is 3.52. The Bertz CT molecular complexity index is 422. The highest BCUT2D eigenvalue weighted by atomic mass is 16.7. The highest BCUT2D eigenvalue weighted by Gasteiger charge is 2.49. The summed E-state index contributed by atoms with van der Waals surface area (Å²) in [5.41, 5.74) is 0.575. The molecule has 0 amide bonds. The predicted molar refractivity (Wildman–Crippen MR) is 88.0 cm³/mol. The zero-order valence-corrected chi connectivity index (χ0v) is 15.2. The van der Waals surface area contributed by atoms with Gasteiger partial charge in [-0.3, -0.25) is 5.01 Å². The summed E-state index contributed by atoms with van der Waals surface area (Å²) in [5, 5.41) is 7.14. The van der Waals surface area contributed by atoms with Crippen LogP contribution in [0, 0.1) is 5.92 Å². The van der Waals surface area contributed by atoms with E-state index in [1.165, 1.54) is 0 Å². The molecule has 0 spiro atoms. The third kappa shape index (κ3) is 3.47. The molecule has 0 aromatic rings. The first-order chi connectivity index (χ1) is 10.2. The predicted octanol–water partition coefficient (Wildman–Crippen LogP) is 3.04. The number of rotatable bonds is 4. The quantitative estimate of drug-likeness (QED) is 0.800. The van der Waals surface area contributed by atoms with E-state index in [-0.39, 0.29) is 6.10 Å². The van der Waals surface area contributed by atoms with Gasteiger partial charge in [0.25, 0.3) is 0 Å². The average Bonchev–Trinajstić information content (AvgIpc) is 2.80. The SMILES string of the molecule is COC[C@H]1CCCN1N=C1[C@@H](C)OC(C)(C)O[C@]1(C)C(C)C. The molecular formula is C17H32N2O3. The van der Waals surface area contributed by atoms with Crippen LogP contribution < -0.4 is 0 Å². The Morgan fingerprint density at radius 1 is 1.36 bits per heavy atom. The second-order valence-electron chi connectivity index (χ2n) is 7.42. The molecule has 0 aromatic carbocycles. The Morgan fingerprint density at radius 3 is 2.64 bits per heavy atom. The van der Waals surface area contributed by atoms with E-state index in [0.717, 1.165) is 31.7 Å². The van der Waals surface area contributed by atoms with Crippen LogP contribution >= 0.6 is 0 Å². The summed E-state index contributed by atoms with van der Waals surface area (Å²) < 4.78 is 17.7. The molecule has 128 valence electrons. The first-order valence-electron chi connectivity index (χ1n) is 8.42. The highest BCUT2D eigenvalue weighted by molar-refractivity contribution is 5.96. The second-order valence-corrected chi connectivity index (χ2v) is 7.42. The van der Waals surface area contributed by atoms with Crippen molar-refractivity contribution in [2.24, 2.45) is 11.0 Å². The lowest BCUT2D eigenvalue weighted by Gasteiger charge is -2.49. The van der Waals surface area contributed by atoms with Gasteiger partial charge in [0.2, 0.25) is 0 Å². The topological polar surface area (TPSA) is 43.3 Å². The van der Waals surface area contributed by atoms with Crippen LogP contribution in [0.4, 0.5) is 0 Å². The van der Waals surface area contributed by atoms with Crippen LogP contribution in [-0.2, 0) is 14.2 Å². The van der Waals surface area contributed by atoms with Crippen LogP contribution in [0.1, 0.15) is 54.4 Å². The van der Waals surface area contributed by atoms with Gasteiger partial charge < -0.3 is 14.2 Å². The minimum atomic E-state index is -0.589. The number of hydrazone groups is 1. The molecule has 2 aliphatic heterocycles. The van der Waals surface area contributed by atoms with Gasteiger partial charge >= 0.3 is 0 Å². The summed E-state index contributed by atoms with van der Waals surface area (Å²) in [7, 11) is 1.75. The molecule has 3 atom stereocenters. The molecule has 2 fully saturated rings. The summed E-state index contributed by atoms with van der Waals surface area (Å²) in [5.74, 6) is -0.269. The lowest BCUT2D eigenvalue weighted by atomic mass is 9.83. The normalized spacial score (nSPS) is 37.3. The van der Waals surface area contributed by atoms with E-state index >= 15 is 0 Å². The Labute approximate surface area is 135 Å². The van der Waals surface area contributed by atoms with E-state index in [2.05, 4.69) is 32.7 Å². The Hall–Kier alpha value is -0.650. The Balaban J connectivity index is 2.31. The molecule has 2 rings (SSSR count). The highest BCUT2D eigenvalue weighted by Crippen LogP contribution is 2.37. The van der Waals surface area contributed by atoms with Gasteiger partial charge in [-0.25, -0.2) is 0 Å². The van der Waals surface area contributed by atoms with Crippen molar-refractivity contribution in [3.63, 3.8) is 0 Å². The second kappa shape index (κ2) is 6.46. The molecule has 0 N–H and O–H groups in total. The minimum Gasteiger partial charge on any atom is -0.382 e. The van der Waals surface area contributed by atoms with Crippen molar-refractivity contribution in [3.8, 4) is 0 Å². The van der Waals surface area contributed by atoms with Crippen LogP contribution in [0.15, 0.2) is 5.10 Å². The molecule has 0 aliphatic carbocycles. The maximum Gasteiger partial charge on any atom is 0.164 e. The van der Waals surface area contributed by atoms with Gasteiger partial charge in [0.05, 0.1) is 18.4 Å². The van der Waals surface area contributed by atoms with Crippen LogP contribution in [0.2, 0.25) is 0 Å². The minimum absolute atomic E-state index is 0.0556. The number of nitrogens with zero attached hydrogens (tertiary/aromatic N) is 2. The van der Waals surface area contributed by atoms with E-state index in [1.54, 1.807) is 7.11 Å². The van der Waals surface area contributed by atoms with Crippen molar-refractivity contribution in [2.75, 3.05) is 20.3 Å². The van der Waals surface area contributed by atoms with Crippen LogP contribution in [0.5, 0.6) is 0 Å². The van der Waals surface area contributed by atoms with Gasteiger partial charge in [0, 0.05) is 13.7 Å². The van der Waals surface area contributed by atoms with Crippen molar-refractivity contribution < 1.29 is 14.2 Å². The maximum atomic E-state index is 6.30. The van der Waals surface area contributed by atoms with Gasteiger partial charge in [-0.05, 0) is 46.5 Å². The van der Waals surface area contributed by atoms with Gasteiger partial charge in [-0.15, -0.1) is 0 Å². The summed E-state index contributed by atoms with van der Waals surface area (Å²) in [6.45, 7) is 14.2. The van der Waals surface area contributed by atoms with Crippen molar-refractivity contribution >= 4 is 5.71 Å². The van der Waals surface area contributed by atoms with Crippen molar-refractivity contribution in [3.05, 3.63) is 0 Å². The van der Waals surface area contributed by atoms with E-state index in [4.69, 9.17) is 19.3 Å². The zero-order chi connectivity index (χ0) is 16.5. The maximum absolute atomic E-state index is 6.30. The van der Waals surface area contributed by atoms with E-state index < -0.39 is 11.4 Å². The summed E-state index contributed by atoms with van der Waals surface area (Å²) in [6.07, 6.45) is 2.23. The molecule has 0 aromatic heterocycles. The third-order valence-electron chi connectivity index (χ3n) is 4.86. The molecule has 22 heavy (non-hydrogen) atoms. The van der Waals surface area contributed by atoms with Crippen molar-refractivity contribution in [1.29, 1.82) is 0 Å². The first-order valence-corrected chi connectivity index (χ1v) is 8.42. The lowest BCUT2D eigenvalue weighted by molar-refractivity contribution is -0.287. The number of hydrogen-bond acceptors (Lipinski definition) is 5. The smallest absolute Gasteiger partial charge is 0.164 e. The van der Waals surface area contributed by atoms with E-state index in [9.17, 15) is 0 Å². The molecule has 0 bridgehead atoms. The lowest BCUT2D eigenvalue weighted by Crippen LogP contribution is -2.60. The van der Waals surface area contributed by atoms with Crippen LogP contribution in [-0.4, -0.2) is 54.5 Å². The number of hydrogen-bond donors (Lipinski definition) is 0. The van der Waals surface area contributed by atoms with Gasteiger partial charge in [-0.1, -0.05) is 13.8 Å².